The van der Waals surface area contributed by atoms with E-state index in [9.17, 15) is 0 Å². The summed E-state index contributed by atoms with van der Waals surface area (Å²) in [5.41, 5.74) is 0. The van der Waals surface area contributed by atoms with Crippen LogP contribution < -0.4 is 60.2 Å². The van der Waals surface area contributed by atoms with Crippen LogP contribution in [0.1, 0.15) is 6.42 Å². The molecule has 0 saturated carbocycles. The molecule has 0 fully saturated rings. The van der Waals surface area contributed by atoms with Crippen molar-refractivity contribution in [3.63, 3.8) is 0 Å². The van der Waals surface area contributed by atoms with Gasteiger partial charge in [-0.2, -0.15) is 0 Å². The fraction of sp³-hybridized carbons (Fsp3) is 0.200. The normalized spacial score (nSPS) is 11.6. The van der Waals surface area contributed by atoms with Crippen molar-refractivity contribution >= 4 is 80.3 Å². The van der Waals surface area contributed by atoms with Gasteiger partial charge in [0.15, 0.2) is 0 Å². The second-order valence-electron chi connectivity index (χ2n) is 13.0. The van der Waals surface area contributed by atoms with Gasteiger partial charge in [0.1, 0.15) is 0 Å². The summed E-state index contributed by atoms with van der Waals surface area (Å²) in [4.78, 5) is 0. The van der Waals surface area contributed by atoms with Crippen LogP contribution in [0.5, 0.6) is 34.5 Å². The minimum atomic E-state index is -2.68. The molecule has 6 nitrogen and oxygen atoms in total. The summed E-state index contributed by atoms with van der Waals surface area (Å²) >= 11 is 0. The van der Waals surface area contributed by atoms with Gasteiger partial charge in [-0.15, -0.1) is 34.0 Å². The fourth-order valence-electron chi connectivity index (χ4n) is 7.74. The molecule has 6 aromatic rings. The van der Waals surface area contributed by atoms with Gasteiger partial charge in [0, 0.05) is 0 Å². The average Bonchev–Trinajstić information content (AvgIpc) is 3.24. The van der Waals surface area contributed by atoms with Gasteiger partial charge >= 0.3 is 316 Å². The first kappa shape index (κ1) is 43.7. The molecule has 0 amide bonds. The third-order valence-electron chi connectivity index (χ3n) is 10.6. The number of ether oxygens (including phenoxy) is 6. The Morgan fingerprint density at radius 2 is 0.418 bits per heavy atom. The molecule has 0 bridgehead atoms. The third kappa shape index (κ3) is 9.16. The monoisotopic (exact) mass is 908 g/mol. The third-order valence-corrected chi connectivity index (χ3v) is 20.7. The molecule has 292 valence electrons. The van der Waals surface area contributed by atoms with Gasteiger partial charge in [-0.3, -0.25) is 0 Å². The molecule has 0 radical (unpaired) electrons. The van der Waals surface area contributed by atoms with Gasteiger partial charge in [0.05, 0.1) is 0 Å². The van der Waals surface area contributed by atoms with E-state index in [1.807, 2.05) is 0 Å². The molecule has 0 aromatic heterocycles. The van der Waals surface area contributed by atoms with Crippen LogP contribution in [0.25, 0.3) is 0 Å². The molecule has 0 heterocycles. The molecule has 0 N–H and O–H groups in total. The first-order valence-corrected chi connectivity index (χ1v) is 22.2. The van der Waals surface area contributed by atoms with Crippen LogP contribution in [0, 0.1) is 0 Å². The first-order valence-electron chi connectivity index (χ1n) is 17.8. The molecule has 0 atom stereocenters. The topological polar surface area (TPSA) is 55.4 Å². The number of halogens is 2. The second kappa shape index (κ2) is 20.2. The summed E-state index contributed by atoms with van der Waals surface area (Å²) in [6.45, 7) is 0. The summed E-state index contributed by atoms with van der Waals surface area (Å²) in [6.07, 6.45) is 2.90. The van der Waals surface area contributed by atoms with Gasteiger partial charge in [-0.1, -0.05) is 0 Å². The molecule has 55 heavy (non-hydrogen) atoms. The zero-order valence-electron chi connectivity index (χ0n) is 32.2. The predicted octanol–water partition coefficient (Wildman–Crippen LogP) is 8.04. The van der Waals surface area contributed by atoms with Crippen molar-refractivity contribution in [2.45, 2.75) is 6.42 Å². The van der Waals surface area contributed by atoms with E-state index < -0.39 is 14.5 Å². The summed E-state index contributed by atoms with van der Waals surface area (Å²) in [5, 5.41) is 7.91. The van der Waals surface area contributed by atoms with Crippen molar-refractivity contribution in [1.82, 2.24) is 0 Å². The van der Waals surface area contributed by atoms with Crippen molar-refractivity contribution in [3.8, 4) is 34.5 Å². The van der Waals surface area contributed by atoms with E-state index in [-0.39, 0.29) is 34.0 Å². The summed E-state index contributed by atoms with van der Waals surface area (Å²) in [6, 6.07) is 52.3. The summed E-state index contributed by atoms with van der Waals surface area (Å²) in [5.74, 6) is 5.03. The Labute approximate surface area is 348 Å². The number of methoxy groups -OCH3 is 6. The SMILES string of the molecule is Br.Br.COc1ccc([PH](CCC[PH](c2ccc(OC)cc2)(c2ccc(OC)cc2)c2ccc(OC)cc2)(c2ccc(OC)cc2)c2ccc(OC)cc2)cc1. The molecule has 6 aromatic carbocycles. The molecule has 0 aliphatic carbocycles. The summed E-state index contributed by atoms with van der Waals surface area (Å²) in [7, 11) is 4.94. The number of rotatable bonds is 16. The van der Waals surface area contributed by atoms with Crippen molar-refractivity contribution in [2.24, 2.45) is 0 Å². The van der Waals surface area contributed by atoms with Gasteiger partial charge in [0.25, 0.3) is 0 Å². The Kier molecular flexibility index (Phi) is 16.0. The Bertz CT molecular complexity index is 1660. The van der Waals surface area contributed by atoms with Crippen LogP contribution in [-0.2, 0) is 0 Å². The van der Waals surface area contributed by atoms with Crippen LogP contribution in [0.4, 0.5) is 0 Å². The van der Waals surface area contributed by atoms with Gasteiger partial charge in [-0.05, 0) is 0 Å². The number of hydrogen-bond donors (Lipinski definition) is 0. The van der Waals surface area contributed by atoms with E-state index >= 15 is 0 Å². The maximum absolute atomic E-state index is 5.64. The molecule has 0 aliphatic rings. The van der Waals surface area contributed by atoms with Crippen LogP contribution in [0.15, 0.2) is 146 Å². The van der Waals surface area contributed by atoms with Crippen LogP contribution in [-0.4, -0.2) is 55.0 Å². The van der Waals surface area contributed by atoms with Crippen molar-refractivity contribution in [1.29, 1.82) is 0 Å². The zero-order valence-corrected chi connectivity index (χ0v) is 37.7. The van der Waals surface area contributed by atoms with E-state index in [0.717, 1.165) is 53.2 Å². The minimum absolute atomic E-state index is 0. The maximum atomic E-state index is 5.64. The molecule has 0 aliphatic heterocycles. The molecular formula is C45H52Br2O6P2. The van der Waals surface area contributed by atoms with Crippen LogP contribution in [0.2, 0.25) is 0 Å². The van der Waals surface area contributed by atoms with E-state index in [0.29, 0.717) is 0 Å². The quantitative estimate of drug-likeness (QED) is 0.0918. The molecule has 0 saturated heterocycles. The van der Waals surface area contributed by atoms with Crippen LogP contribution >= 0.6 is 48.5 Å². The van der Waals surface area contributed by atoms with Gasteiger partial charge < -0.3 is 0 Å². The van der Waals surface area contributed by atoms with E-state index in [2.05, 4.69) is 146 Å². The number of benzene rings is 6. The molecular weight excluding hydrogens is 858 g/mol. The zero-order chi connectivity index (χ0) is 37.3. The fourth-order valence-corrected chi connectivity index (χ4v) is 17.7. The molecule has 0 unspecified atom stereocenters. The molecule has 10 heteroatoms. The van der Waals surface area contributed by atoms with E-state index in [1.165, 1.54) is 31.8 Å². The average molecular weight is 911 g/mol. The second-order valence-corrected chi connectivity index (χ2v) is 21.1. The summed E-state index contributed by atoms with van der Waals surface area (Å²) < 4.78 is 33.8. The van der Waals surface area contributed by atoms with Crippen molar-refractivity contribution in [2.75, 3.05) is 55.0 Å². The Morgan fingerprint density at radius 3 is 0.545 bits per heavy atom. The standard InChI is InChI=1S/C45H50O6P2.2BrH/c1-46-34-8-20-40(21-9-34)52(41-22-10-35(47-2)11-23-41,42-24-12-36(48-3)13-25-42)32-7-33-53(43-26-14-37(49-4)15-27-43,44-28-16-38(50-5)17-29-44)45-30-18-39(51-6)19-31-45;;/h8-31,52-53H,7,32-33H2,1-6H3;2*1H. The molecule has 6 rings (SSSR count). The Hall–Kier alpha value is -4.06. The first-order chi connectivity index (χ1) is 25.9. The Balaban J connectivity index is 0.00000336. The number of hydrogen-bond acceptors (Lipinski definition) is 6. The van der Waals surface area contributed by atoms with E-state index in [1.54, 1.807) is 42.7 Å². The molecule has 0 spiro atoms. The van der Waals surface area contributed by atoms with Crippen molar-refractivity contribution in [3.05, 3.63) is 146 Å². The van der Waals surface area contributed by atoms with Crippen LogP contribution in [0.3, 0.4) is 0 Å². The van der Waals surface area contributed by atoms with Gasteiger partial charge in [-0.25, -0.2) is 0 Å². The Morgan fingerprint density at radius 1 is 0.273 bits per heavy atom. The van der Waals surface area contributed by atoms with Crippen molar-refractivity contribution < 1.29 is 28.4 Å². The predicted molar refractivity (Wildman–Crippen MR) is 247 cm³/mol. The van der Waals surface area contributed by atoms with E-state index in [4.69, 9.17) is 28.4 Å². The van der Waals surface area contributed by atoms with Gasteiger partial charge in [0.2, 0.25) is 0 Å².